The third-order valence-electron chi connectivity index (χ3n) is 2.32. The first kappa shape index (κ1) is 15.9. The average molecular weight is 245 g/mol. The van der Waals surface area contributed by atoms with E-state index in [9.17, 15) is 9.59 Å². The molecule has 17 heavy (non-hydrogen) atoms. The molecule has 0 radical (unpaired) electrons. The number of amides is 1. The molecule has 0 rings (SSSR count). The topological polar surface area (TPSA) is 70.7 Å². The van der Waals surface area contributed by atoms with Crippen LogP contribution in [-0.2, 0) is 14.3 Å². The Morgan fingerprint density at radius 3 is 2.53 bits per heavy atom. The fraction of sp³-hybridized carbons (Fsp3) is 0.818. The van der Waals surface area contributed by atoms with Gasteiger partial charge < -0.3 is 20.3 Å². The highest BCUT2D eigenvalue weighted by Crippen LogP contribution is 1.94. The quantitative estimate of drug-likeness (QED) is 0.433. The number of carbonyl (C=O) groups excluding carboxylic acids is 2. The molecule has 0 bridgehead atoms. The van der Waals surface area contributed by atoms with Crippen molar-refractivity contribution in [3.8, 4) is 0 Å². The fourth-order valence-corrected chi connectivity index (χ4v) is 1.50. The van der Waals surface area contributed by atoms with E-state index in [2.05, 4.69) is 15.4 Å². The molecule has 0 saturated carbocycles. The van der Waals surface area contributed by atoms with Crippen LogP contribution in [0.3, 0.4) is 0 Å². The number of esters is 1. The second-order valence-electron chi connectivity index (χ2n) is 4.00. The van der Waals surface area contributed by atoms with Crippen molar-refractivity contribution in [3.63, 3.8) is 0 Å². The number of carbonyl (C=O) groups is 2. The summed E-state index contributed by atoms with van der Waals surface area (Å²) in [4.78, 5) is 24.4. The Labute approximate surface area is 103 Å². The molecule has 1 unspecified atom stereocenters. The number of nitrogens with zero attached hydrogens (tertiary/aromatic N) is 1. The molecular formula is C11H23N3O3. The van der Waals surface area contributed by atoms with Gasteiger partial charge in [0.1, 0.15) is 6.04 Å². The van der Waals surface area contributed by atoms with E-state index >= 15 is 0 Å². The number of methoxy groups -OCH3 is 1. The zero-order chi connectivity index (χ0) is 13.3. The molecular weight excluding hydrogens is 222 g/mol. The van der Waals surface area contributed by atoms with Crippen molar-refractivity contribution in [1.82, 2.24) is 15.5 Å². The molecule has 0 heterocycles. The molecule has 1 atom stereocenters. The fourth-order valence-electron chi connectivity index (χ4n) is 1.50. The number of hydrogen-bond acceptors (Lipinski definition) is 5. The van der Waals surface area contributed by atoms with Gasteiger partial charge in [0.05, 0.1) is 7.11 Å². The lowest BCUT2D eigenvalue weighted by molar-refractivity contribution is -0.145. The first-order valence-corrected chi connectivity index (χ1v) is 5.69. The summed E-state index contributed by atoms with van der Waals surface area (Å²) in [7, 11) is 5.13. The molecule has 0 aromatic rings. The van der Waals surface area contributed by atoms with E-state index < -0.39 is 12.0 Å². The molecule has 0 aromatic heterocycles. The number of hydrogen-bond donors (Lipinski definition) is 2. The maximum Gasteiger partial charge on any atom is 0.329 e. The highest BCUT2D eigenvalue weighted by Gasteiger charge is 2.21. The van der Waals surface area contributed by atoms with Gasteiger partial charge in [-0.2, -0.15) is 0 Å². The molecule has 2 N–H and O–H groups in total. The molecule has 6 heteroatoms. The minimum atomic E-state index is -0.600. The van der Waals surface area contributed by atoms with Gasteiger partial charge in [0.2, 0.25) is 5.91 Å². The highest BCUT2D eigenvalue weighted by atomic mass is 16.5. The van der Waals surface area contributed by atoms with Gasteiger partial charge in [-0.05, 0) is 33.6 Å². The molecule has 0 aliphatic heterocycles. The summed E-state index contributed by atoms with van der Waals surface area (Å²) >= 11 is 0. The smallest absolute Gasteiger partial charge is 0.329 e. The van der Waals surface area contributed by atoms with Gasteiger partial charge in [0.15, 0.2) is 0 Å². The second kappa shape index (κ2) is 8.95. The van der Waals surface area contributed by atoms with Crippen molar-refractivity contribution in [3.05, 3.63) is 0 Å². The monoisotopic (exact) mass is 245 g/mol. The molecule has 0 aromatic carbocycles. The first-order valence-electron chi connectivity index (χ1n) is 5.69. The standard InChI is InChI=1S/C11H23N3O3/c1-9(15)13-10(11(16)17-4)8-14(3)7-5-6-12-2/h10,12H,5-8H2,1-4H3,(H,13,15). The summed E-state index contributed by atoms with van der Waals surface area (Å²) in [6.07, 6.45) is 0.987. The van der Waals surface area contributed by atoms with Gasteiger partial charge in [-0.25, -0.2) is 4.79 Å². The molecule has 0 aliphatic rings. The summed E-state index contributed by atoms with van der Waals surface area (Å²) in [5.74, 6) is -0.648. The maximum atomic E-state index is 11.4. The third kappa shape index (κ3) is 7.70. The lowest BCUT2D eigenvalue weighted by Gasteiger charge is -2.22. The van der Waals surface area contributed by atoms with E-state index in [1.165, 1.54) is 14.0 Å². The van der Waals surface area contributed by atoms with Crippen LogP contribution in [0.2, 0.25) is 0 Å². The molecule has 0 spiro atoms. The highest BCUT2D eigenvalue weighted by molar-refractivity contribution is 5.83. The molecule has 0 saturated heterocycles. The van der Waals surface area contributed by atoms with Crippen molar-refractivity contribution < 1.29 is 14.3 Å². The van der Waals surface area contributed by atoms with Crippen molar-refractivity contribution in [1.29, 1.82) is 0 Å². The molecule has 100 valence electrons. The lowest BCUT2D eigenvalue weighted by Crippen LogP contribution is -2.47. The van der Waals surface area contributed by atoms with Crippen molar-refractivity contribution in [2.24, 2.45) is 0 Å². The number of nitrogens with one attached hydrogen (secondary N) is 2. The minimum Gasteiger partial charge on any atom is -0.467 e. The number of rotatable bonds is 8. The van der Waals surface area contributed by atoms with E-state index in [0.717, 1.165) is 19.5 Å². The van der Waals surface area contributed by atoms with Crippen LogP contribution in [0.25, 0.3) is 0 Å². The van der Waals surface area contributed by atoms with E-state index in [4.69, 9.17) is 0 Å². The van der Waals surface area contributed by atoms with Crippen LogP contribution in [0, 0.1) is 0 Å². The van der Waals surface area contributed by atoms with E-state index in [0.29, 0.717) is 6.54 Å². The van der Waals surface area contributed by atoms with Gasteiger partial charge in [-0.3, -0.25) is 4.79 Å². The second-order valence-corrected chi connectivity index (χ2v) is 4.00. The Hall–Kier alpha value is -1.14. The van der Waals surface area contributed by atoms with Crippen LogP contribution in [0.1, 0.15) is 13.3 Å². The Bertz CT molecular complexity index is 246. The summed E-state index contributed by atoms with van der Waals surface area (Å²) in [5.41, 5.74) is 0. The summed E-state index contributed by atoms with van der Waals surface area (Å²) in [5, 5.41) is 5.64. The Balaban J connectivity index is 4.12. The van der Waals surface area contributed by atoms with Crippen molar-refractivity contribution in [2.45, 2.75) is 19.4 Å². The van der Waals surface area contributed by atoms with E-state index in [-0.39, 0.29) is 5.91 Å². The SMILES string of the molecule is CNCCCN(C)CC(NC(C)=O)C(=O)OC. The van der Waals surface area contributed by atoms with Crippen LogP contribution in [0.4, 0.5) is 0 Å². The first-order chi connectivity index (χ1) is 8.01. The molecule has 6 nitrogen and oxygen atoms in total. The van der Waals surface area contributed by atoms with Crippen LogP contribution in [0.15, 0.2) is 0 Å². The lowest BCUT2D eigenvalue weighted by atomic mass is 10.2. The van der Waals surface area contributed by atoms with Crippen molar-refractivity contribution >= 4 is 11.9 Å². The van der Waals surface area contributed by atoms with Gasteiger partial charge in [-0.15, -0.1) is 0 Å². The molecule has 0 fully saturated rings. The maximum absolute atomic E-state index is 11.4. The minimum absolute atomic E-state index is 0.232. The zero-order valence-corrected chi connectivity index (χ0v) is 11.1. The van der Waals surface area contributed by atoms with Crippen LogP contribution in [-0.4, -0.2) is 63.7 Å². The Morgan fingerprint density at radius 2 is 2.06 bits per heavy atom. The Morgan fingerprint density at radius 1 is 1.41 bits per heavy atom. The van der Waals surface area contributed by atoms with Crippen LogP contribution in [0.5, 0.6) is 0 Å². The van der Waals surface area contributed by atoms with E-state index in [1.807, 2.05) is 19.0 Å². The van der Waals surface area contributed by atoms with E-state index in [1.54, 1.807) is 0 Å². The van der Waals surface area contributed by atoms with Crippen LogP contribution < -0.4 is 10.6 Å². The van der Waals surface area contributed by atoms with Crippen molar-refractivity contribution in [2.75, 3.05) is 40.8 Å². The van der Waals surface area contributed by atoms with Gasteiger partial charge in [0.25, 0.3) is 0 Å². The average Bonchev–Trinajstić information content (AvgIpc) is 2.27. The summed E-state index contributed by atoms with van der Waals surface area (Å²) in [6.45, 7) is 3.62. The summed E-state index contributed by atoms with van der Waals surface area (Å²) < 4.78 is 4.65. The number of ether oxygens (including phenoxy) is 1. The Kier molecular flexibility index (Phi) is 8.35. The van der Waals surface area contributed by atoms with Gasteiger partial charge >= 0.3 is 5.97 Å². The number of likely N-dealkylation sites (N-methyl/N-ethyl adjacent to an activating group) is 1. The normalized spacial score (nSPS) is 12.3. The molecule has 1 amide bonds. The zero-order valence-electron chi connectivity index (χ0n) is 11.1. The van der Waals surface area contributed by atoms with Gasteiger partial charge in [0, 0.05) is 13.5 Å². The largest absolute Gasteiger partial charge is 0.467 e. The van der Waals surface area contributed by atoms with Crippen LogP contribution >= 0.6 is 0 Å². The molecule has 0 aliphatic carbocycles. The van der Waals surface area contributed by atoms with Gasteiger partial charge in [-0.1, -0.05) is 0 Å². The predicted octanol–water partition coefficient (Wildman–Crippen LogP) is -0.795. The third-order valence-corrected chi connectivity index (χ3v) is 2.32. The predicted molar refractivity (Wildman–Crippen MR) is 65.7 cm³/mol. The summed E-state index contributed by atoms with van der Waals surface area (Å²) in [6, 6.07) is -0.600.